The van der Waals surface area contributed by atoms with Crippen molar-refractivity contribution in [3.8, 4) is 0 Å². The second-order valence-corrected chi connectivity index (χ2v) is 5.55. The van der Waals surface area contributed by atoms with Crippen LogP contribution in [0.2, 0.25) is 0 Å². The number of amides is 2. The third-order valence-corrected chi connectivity index (χ3v) is 4.11. The number of nitrogens with one attached hydrogen (secondary N) is 2. The lowest BCUT2D eigenvalue weighted by Gasteiger charge is -2.19. The summed E-state index contributed by atoms with van der Waals surface area (Å²) in [5.41, 5.74) is 4.51. The maximum absolute atomic E-state index is 11.9. The number of aliphatic hydroxyl groups excluding tert-OH is 1. The van der Waals surface area contributed by atoms with Crippen molar-refractivity contribution in [2.75, 3.05) is 0 Å². The van der Waals surface area contributed by atoms with Crippen molar-refractivity contribution < 1.29 is 14.7 Å². The normalized spacial score (nSPS) is 25.4. The predicted molar refractivity (Wildman–Crippen MR) is 73.9 cm³/mol. The highest BCUT2D eigenvalue weighted by atomic mass is 16.7. The minimum absolute atomic E-state index is 0.126. The van der Waals surface area contributed by atoms with Crippen LogP contribution in [0.15, 0.2) is 24.3 Å². The van der Waals surface area contributed by atoms with Crippen molar-refractivity contribution in [2.24, 2.45) is 0 Å². The SMILES string of the molecule is O=C(NOC1CCCC1)N[C@H]1c2ccccc2C[C@H]1O. The van der Waals surface area contributed by atoms with Crippen LogP contribution < -0.4 is 10.8 Å². The minimum Gasteiger partial charge on any atom is -0.390 e. The molecule has 2 aliphatic rings. The van der Waals surface area contributed by atoms with Crippen molar-refractivity contribution in [3.05, 3.63) is 35.4 Å². The van der Waals surface area contributed by atoms with Gasteiger partial charge in [0.05, 0.1) is 18.2 Å². The van der Waals surface area contributed by atoms with Crippen LogP contribution in [-0.2, 0) is 11.3 Å². The van der Waals surface area contributed by atoms with E-state index in [0.717, 1.165) is 36.8 Å². The molecular formula is C15H20N2O3. The molecule has 0 saturated heterocycles. The zero-order chi connectivity index (χ0) is 13.9. The molecule has 108 valence electrons. The molecule has 0 aliphatic heterocycles. The van der Waals surface area contributed by atoms with Gasteiger partial charge in [-0.05, 0) is 24.0 Å². The average Bonchev–Trinajstić information content (AvgIpc) is 3.06. The van der Waals surface area contributed by atoms with Crippen molar-refractivity contribution in [1.29, 1.82) is 0 Å². The summed E-state index contributed by atoms with van der Waals surface area (Å²) < 4.78 is 0. The van der Waals surface area contributed by atoms with Crippen LogP contribution >= 0.6 is 0 Å². The second kappa shape index (κ2) is 5.81. The van der Waals surface area contributed by atoms with E-state index in [1.165, 1.54) is 0 Å². The molecule has 0 spiro atoms. The van der Waals surface area contributed by atoms with Crippen LogP contribution in [0.25, 0.3) is 0 Å². The number of urea groups is 1. The molecule has 5 nitrogen and oxygen atoms in total. The lowest BCUT2D eigenvalue weighted by Crippen LogP contribution is -2.42. The van der Waals surface area contributed by atoms with Gasteiger partial charge in [-0.15, -0.1) is 0 Å². The van der Waals surface area contributed by atoms with Gasteiger partial charge in [0.2, 0.25) is 0 Å². The molecule has 5 heteroatoms. The number of hydrogen-bond acceptors (Lipinski definition) is 3. The van der Waals surface area contributed by atoms with E-state index in [1.54, 1.807) is 0 Å². The Bertz CT molecular complexity index is 486. The lowest BCUT2D eigenvalue weighted by molar-refractivity contribution is -0.00158. The highest BCUT2D eigenvalue weighted by molar-refractivity contribution is 5.73. The molecule has 1 saturated carbocycles. The van der Waals surface area contributed by atoms with E-state index in [0.29, 0.717) is 6.42 Å². The molecule has 20 heavy (non-hydrogen) atoms. The Morgan fingerprint density at radius 3 is 2.80 bits per heavy atom. The van der Waals surface area contributed by atoms with Gasteiger partial charge in [-0.1, -0.05) is 37.1 Å². The van der Waals surface area contributed by atoms with Gasteiger partial charge in [-0.25, -0.2) is 10.3 Å². The monoisotopic (exact) mass is 276 g/mol. The Balaban J connectivity index is 1.55. The largest absolute Gasteiger partial charge is 0.390 e. The average molecular weight is 276 g/mol. The fourth-order valence-corrected chi connectivity index (χ4v) is 3.06. The molecule has 0 aromatic heterocycles. The summed E-state index contributed by atoms with van der Waals surface area (Å²) >= 11 is 0. The Morgan fingerprint density at radius 2 is 2.00 bits per heavy atom. The lowest BCUT2D eigenvalue weighted by atomic mass is 10.1. The Hall–Kier alpha value is -1.59. The molecule has 0 heterocycles. The highest BCUT2D eigenvalue weighted by Gasteiger charge is 2.32. The van der Waals surface area contributed by atoms with E-state index in [4.69, 9.17) is 4.84 Å². The van der Waals surface area contributed by atoms with E-state index in [-0.39, 0.29) is 12.1 Å². The van der Waals surface area contributed by atoms with Gasteiger partial charge >= 0.3 is 6.03 Å². The molecule has 2 amide bonds. The van der Waals surface area contributed by atoms with E-state index in [9.17, 15) is 9.90 Å². The molecule has 1 aromatic carbocycles. The minimum atomic E-state index is -0.579. The predicted octanol–water partition coefficient (Wildman–Crippen LogP) is 1.82. The topological polar surface area (TPSA) is 70.6 Å². The molecule has 2 atom stereocenters. The summed E-state index contributed by atoms with van der Waals surface area (Å²) in [4.78, 5) is 17.2. The standard InChI is InChI=1S/C15H20N2O3/c18-13-9-10-5-1-4-8-12(10)14(13)16-15(19)17-20-11-6-2-3-7-11/h1,4-5,8,11,13-14,18H,2-3,6-7,9H2,(H2,16,17,19)/t13-,14+/m1/s1. The first-order chi connectivity index (χ1) is 9.74. The number of hydroxylamine groups is 1. The van der Waals surface area contributed by atoms with Crippen LogP contribution in [0, 0.1) is 0 Å². The summed E-state index contributed by atoms with van der Waals surface area (Å²) in [6, 6.07) is 7.02. The molecule has 0 bridgehead atoms. The molecule has 2 aliphatic carbocycles. The highest BCUT2D eigenvalue weighted by Crippen LogP contribution is 2.31. The molecular weight excluding hydrogens is 256 g/mol. The molecule has 1 aromatic rings. The van der Waals surface area contributed by atoms with Crippen molar-refractivity contribution in [3.63, 3.8) is 0 Å². The summed E-state index contributed by atoms with van der Waals surface area (Å²) in [5, 5.41) is 12.8. The van der Waals surface area contributed by atoms with Crippen LogP contribution in [0.3, 0.4) is 0 Å². The maximum Gasteiger partial charge on any atom is 0.339 e. The number of hydrogen-bond donors (Lipinski definition) is 3. The van der Waals surface area contributed by atoms with Gasteiger partial charge in [-0.2, -0.15) is 0 Å². The first-order valence-electron chi connectivity index (χ1n) is 7.22. The zero-order valence-corrected chi connectivity index (χ0v) is 11.3. The first kappa shape index (κ1) is 13.4. The summed E-state index contributed by atoms with van der Waals surface area (Å²) in [6.07, 6.45) is 4.42. The van der Waals surface area contributed by atoms with Gasteiger partial charge in [0, 0.05) is 6.42 Å². The van der Waals surface area contributed by atoms with Gasteiger partial charge in [0.25, 0.3) is 0 Å². The van der Waals surface area contributed by atoms with Crippen LogP contribution in [0.5, 0.6) is 0 Å². The summed E-state index contributed by atoms with van der Waals surface area (Å²) in [6.45, 7) is 0. The number of benzene rings is 1. The van der Waals surface area contributed by atoms with Gasteiger partial charge in [0.15, 0.2) is 0 Å². The Kier molecular flexibility index (Phi) is 3.89. The van der Waals surface area contributed by atoms with Gasteiger partial charge < -0.3 is 10.4 Å². The van der Waals surface area contributed by atoms with Crippen LogP contribution in [0.1, 0.15) is 42.9 Å². The van der Waals surface area contributed by atoms with E-state index < -0.39 is 12.1 Å². The maximum atomic E-state index is 11.9. The van der Waals surface area contributed by atoms with Crippen molar-refractivity contribution >= 4 is 6.03 Å². The zero-order valence-electron chi connectivity index (χ0n) is 11.3. The number of carbonyl (C=O) groups is 1. The molecule has 3 rings (SSSR count). The van der Waals surface area contributed by atoms with Crippen molar-refractivity contribution in [2.45, 2.75) is 50.4 Å². The second-order valence-electron chi connectivity index (χ2n) is 5.55. The van der Waals surface area contributed by atoms with E-state index in [1.807, 2.05) is 24.3 Å². The number of fused-ring (bicyclic) bond motifs is 1. The van der Waals surface area contributed by atoms with Crippen LogP contribution in [-0.4, -0.2) is 23.3 Å². The molecule has 0 radical (unpaired) electrons. The number of aliphatic hydroxyl groups is 1. The number of rotatable bonds is 3. The van der Waals surface area contributed by atoms with E-state index >= 15 is 0 Å². The fourth-order valence-electron chi connectivity index (χ4n) is 3.06. The van der Waals surface area contributed by atoms with E-state index in [2.05, 4.69) is 10.8 Å². The Morgan fingerprint density at radius 1 is 1.25 bits per heavy atom. The third kappa shape index (κ3) is 2.78. The summed E-state index contributed by atoms with van der Waals surface area (Å²) in [7, 11) is 0. The quantitative estimate of drug-likeness (QED) is 0.737. The number of carbonyl (C=O) groups excluding carboxylic acids is 1. The fraction of sp³-hybridized carbons (Fsp3) is 0.533. The Labute approximate surface area is 118 Å². The van der Waals surface area contributed by atoms with Crippen LogP contribution in [0.4, 0.5) is 4.79 Å². The molecule has 3 N–H and O–H groups in total. The van der Waals surface area contributed by atoms with Crippen molar-refractivity contribution in [1.82, 2.24) is 10.8 Å². The molecule has 0 unspecified atom stereocenters. The smallest absolute Gasteiger partial charge is 0.339 e. The third-order valence-electron chi connectivity index (χ3n) is 4.11. The molecule has 1 fully saturated rings. The van der Waals surface area contributed by atoms with Gasteiger partial charge in [-0.3, -0.25) is 4.84 Å². The first-order valence-corrected chi connectivity index (χ1v) is 7.22. The summed E-state index contributed by atoms with van der Waals surface area (Å²) in [5.74, 6) is 0. The van der Waals surface area contributed by atoms with Gasteiger partial charge in [0.1, 0.15) is 0 Å².